The lowest BCUT2D eigenvalue weighted by Gasteiger charge is -2.30. The van der Waals surface area contributed by atoms with Gasteiger partial charge in [0.1, 0.15) is 17.7 Å². The third-order valence-electron chi connectivity index (χ3n) is 3.87. The molecule has 1 aromatic rings. The van der Waals surface area contributed by atoms with Crippen LogP contribution in [0, 0.1) is 6.92 Å². The number of aliphatic hydroxyl groups is 1. The summed E-state index contributed by atoms with van der Waals surface area (Å²) in [6.07, 6.45) is -0.214. The standard InChI is InChI=1S/C11H13N5O5/c1-5-2-16(10(19)13-8(5)18)9-6-7(14-15-12)11(3-17,21-9)4-20-6/h2,6-7,9,17H,3-4H2,1H3,(H,13,18,19)/t6-,7+,9+,11+/m0/s1. The third-order valence-corrected chi connectivity index (χ3v) is 3.87. The second-order valence-corrected chi connectivity index (χ2v) is 5.14. The molecule has 10 nitrogen and oxygen atoms in total. The van der Waals surface area contributed by atoms with Crippen molar-refractivity contribution in [2.45, 2.75) is 30.9 Å². The molecule has 2 fully saturated rings. The van der Waals surface area contributed by atoms with Gasteiger partial charge in [-0.1, -0.05) is 5.11 Å². The molecular formula is C11H13N5O5. The quantitative estimate of drug-likeness (QED) is 0.425. The fraction of sp³-hybridized carbons (Fsp3) is 0.636. The lowest BCUT2D eigenvalue weighted by Crippen LogP contribution is -2.44. The third kappa shape index (κ3) is 1.88. The highest BCUT2D eigenvalue weighted by atomic mass is 16.6. The molecule has 4 atom stereocenters. The number of H-pyrrole nitrogens is 1. The van der Waals surface area contributed by atoms with Crippen molar-refractivity contribution in [2.75, 3.05) is 13.2 Å². The number of fused-ring (bicyclic) bond motifs is 2. The summed E-state index contributed by atoms with van der Waals surface area (Å²) >= 11 is 0. The molecular weight excluding hydrogens is 282 g/mol. The molecule has 2 bridgehead atoms. The van der Waals surface area contributed by atoms with E-state index in [1.807, 2.05) is 0 Å². The molecule has 3 heterocycles. The van der Waals surface area contributed by atoms with E-state index in [9.17, 15) is 14.7 Å². The average molecular weight is 295 g/mol. The molecule has 0 aliphatic carbocycles. The zero-order chi connectivity index (χ0) is 15.2. The fourth-order valence-electron chi connectivity index (χ4n) is 2.76. The number of rotatable bonds is 3. The Labute approximate surface area is 117 Å². The number of aromatic nitrogens is 2. The summed E-state index contributed by atoms with van der Waals surface area (Å²) in [5.74, 6) is 0. The first-order valence-electron chi connectivity index (χ1n) is 6.29. The molecule has 10 heteroatoms. The van der Waals surface area contributed by atoms with Crippen LogP contribution in [0.25, 0.3) is 10.4 Å². The van der Waals surface area contributed by atoms with Gasteiger partial charge in [-0.05, 0) is 12.5 Å². The van der Waals surface area contributed by atoms with E-state index in [4.69, 9.17) is 15.0 Å². The van der Waals surface area contributed by atoms with Gasteiger partial charge in [0.25, 0.3) is 5.56 Å². The normalized spacial score (nSPS) is 33.9. The van der Waals surface area contributed by atoms with Crippen LogP contribution in [0.4, 0.5) is 0 Å². The van der Waals surface area contributed by atoms with Crippen LogP contribution in [0.15, 0.2) is 20.9 Å². The van der Waals surface area contributed by atoms with Crippen molar-refractivity contribution in [1.29, 1.82) is 0 Å². The van der Waals surface area contributed by atoms with Crippen molar-refractivity contribution in [3.8, 4) is 0 Å². The highest BCUT2D eigenvalue weighted by Crippen LogP contribution is 2.45. The van der Waals surface area contributed by atoms with Crippen LogP contribution in [0.1, 0.15) is 11.8 Å². The maximum Gasteiger partial charge on any atom is 0.330 e. The number of aryl methyl sites for hydroxylation is 1. The monoisotopic (exact) mass is 295 g/mol. The zero-order valence-electron chi connectivity index (χ0n) is 11.1. The van der Waals surface area contributed by atoms with Crippen LogP contribution in [-0.4, -0.2) is 45.6 Å². The van der Waals surface area contributed by atoms with Crippen molar-refractivity contribution in [1.82, 2.24) is 9.55 Å². The summed E-state index contributed by atoms with van der Waals surface area (Å²) in [5.41, 5.74) is 6.68. The maximum atomic E-state index is 11.9. The molecule has 0 aromatic carbocycles. The van der Waals surface area contributed by atoms with Gasteiger partial charge in [-0.2, -0.15) is 0 Å². The van der Waals surface area contributed by atoms with Crippen LogP contribution >= 0.6 is 0 Å². The minimum atomic E-state index is -1.16. The lowest BCUT2D eigenvalue weighted by atomic mass is 9.98. The molecule has 2 N–H and O–H groups in total. The molecule has 1 aromatic heterocycles. The van der Waals surface area contributed by atoms with Gasteiger partial charge in [-0.15, -0.1) is 0 Å². The number of ether oxygens (including phenoxy) is 2. The molecule has 0 unspecified atom stereocenters. The first kappa shape index (κ1) is 13.8. The highest BCUT2D eigenvalue weighted by Gasteiger charge is 2.61. The van der Waals surface area contributed by atoms with Crippen molar-refractivity contribution in [3.05, 3.63) is 43.0 Å². The topological polar surface area (TPSA) is 142 Å². The summed E-state index contributed by atoms with van der Waals surface area (Å²) in [7, 11) is 0. The summed E-state index contributed by atoms with van der Waals surface area (Å²) in [5, 5.41) is 13.2. The van der Waals surface area contributed by atoms with Gasteiger partial charge in [-0.25, -0.2) is 4.79 Å². The number of nitrogens with zero attached hydrogens (tertiary/aromatic N) is 4. The first-order chi connectivity index (χ1) is 10.0. The fourth-order valence-corrected chi connectivity index (χ4v) is 2.76. The summed E-state index contributed by atoms with van der Waals surface area (Å²) in [4.78, 5) is 28.2. The van der Waals surface area contributed by atoms with Gasteiger partial charge in [-0.3, -0.25) is 14.3 Å². The summed E-state index contributed by atoms with van der Waals surface area (Å²) in [6, 6.07) is -0.739. The zero-order valence-corrected chi connectivity index (χ0v) is 11.1. The van der Waals surface area contributed by atoms with Gasteiger partial charge >= 0.3 is 5.69 Å². The van der Waals surface area contributed by atoms with E-state index in [1.165, 1.54) is 10.8 Å². The van der Waals surface area contributed by atoms with Crippen LogP contribution in [0.3, 0.4) is 0 Å². The SMILES string of the molecule is Cc1cn([C@@H]2O[C@]3(CO)CO[C@H]2[C@H]3N=[N+]=[N-])c(=O)[nH]c1=O. The number of hydrogen-bond acceptors (Lipinski definition) is 6. The second-order valence-electron chi connectivity index (χ2n) is 5.14. The van der Waals surface area contributed by atoms with E-state index in [-0.39, 0.29) is 6.61 Å². The highest BCUT2D eigenvalue weighted by molar-refractivity contribution is 5.12. The maximum absolute atomic E-state index is 11.9. The number of nitrogens with one attached hydrogen (secondary N) is 1. The molecule has 21 heavy (non-hydrogen) atoms. The Morgan fingerprint density at radius 3 is 3.10 bits per heavy atom. The Bertz CT molecular complexity index is 735. The van der Waals surface area contributed by atoms with E-state index in [2.05, 4.69) is 15.0 Å². The molecule has 2 aliphatic heterocycles. The number of azide groups is 1. The van der Waals surface area contributed by atoms with Gasteiger partial charge < -0.3 is 14.6 Å². The van der Waals surface area contributed by atoms with Crippen molar-refractivity contribution in [2.24, 2.45) is 5.11 Å². The van der Waals surface area contributed by atoms with Crippen molar-refractivity contribution >= 4 is 0 Å². The Morgan fingerprint density at radius 2 is 2.43 bits per heavy atom. The predicted molar refractivity (Wildman–Crippen MR) is 68.7 cm³/mol. The van der Waals surface area contributed by atoms with Crippen LogP contribution < -0.4 is 11.2 Å². The molecule has 112 valence electrons. The van der Waals surface area contributed by atoms with Crippen molar-refractivity contribution in [3.63, 3.8) is 0 Å². The molecule has 2 saturated heterocycles. The first-order valence-corrected chi connectivity index (χ1v) is 6.29. The van der Waals surface area contributed by atoms with Gasteiger partial charge in [0.2, 0.25) is 0 Å². The molecule has 0 radical (unpaired) electrons. The van der Waals surface area contributed by atoms with E-state index in [0.29, 0.717) is 5.56 Å². The Morgan fingerprint density at radius 1 is 1.67 bits per heavy atom. The number of aliphatic hydroxyl groups excluding tert-OH is 1. The molecule has 3 rings (SSSR count). The molecule has 0 spiro atoms. The van der Waals surface area contributed by atoms with E-state index in [1.54, 1.807) is 6.92 Å². The van der Waals surface area contributed by atoms with Crippen LogP contribution in [0.2, 0.25) is 0 Å². The summed E-state index contributed by atoms with van der Waals surface area (Å²) in [6.45, 7) is 1.22. The minimum absolute atomic E-state index is 0.0748. The molecule has 2 aliphatic rings. The largest absolute Gasteiger partial charge is 0.393 e. The van der Waals surface area contributed by atoms with Gasteiger partial charge in [0.15, 0.2) is 6.23 Å². The molecule has 0 amide bonds. The Kier molecular flexibility index (Phi) is 3.10. The Hall–Kier alpha value is -2.13. The molecule has 0 saturated carbocycles. The lowest BCUT2D eigenvalue weighted by molar-refractivity contribution is -0.185. The second kappa shape index (κ2) is 4.71. The Balaban J connectivity index is 2.07. The van der Waals surface area contributed by atoms with Gasteiger partial charge in [0.05, 0.1) is 13.2 Å². The van der Waals surface area contributed by atoms with E-state index >= 15 is 0 Å². The predicted octanol–water partition coefficient (Wildman–Crippen LogP) is -0.817. The number of aromatic amines is 1. The van der Waals surface area contributed by atoms with Gasteiger partial charge in [0, 0.05) is 16.7 Å². The van der Waals surface area contributed by atoms with Crippen LogP contribution in [-0.2, 0) is 9.47 Å². The van der Waals surface area contributed by atoms with Crippen LogP contribution in [0.5, 0.6) is 0 Å². The minimum Gasteiger partial charge on any atom is -0.393 e. The van der Waals surface area contributed by atoms with Crippen molar-refractivity contribution < 1.29 is 14.6 Å². The average Bonchev–Trinajstić information content (AvgIpc) is 2.96. The van der Waals surface area contributed by atoms with E-state index < -0.39 is 41.8 Å². The smallest absolute Gasteiger partial charge is 0.330 e. The van der Waals surface area contributed by atoms with E-state index in [0.717, 1.165) is 0 Å². The number of hydrogen-bond donors (Lipinski definition) is 2. The summed E-state index contributed by atoms with van der Waals surface area (Å²) < 4.78 is 12.4.